The molecular formula is C11H18N4O2. The number of carbonyl (C=O) groups is 1. The Morgan fingerprint density at radius 3 is 2.35 bits per heavy atom. The molecule has 0 amide bonds. The average Bonchev–Trinajstić information content (AvgIpc) is 2.25. The summed E-state index contributed by atoms with van der Waals surface area (Å²) in [6, 6.07) is 0. The number of nitrogens with zero attached hydrogens (tertiary/aromatic N) is 3. The van der Waals surface area contributed by atoms with E-state index in [1.165, 1.54) is 0 Å². The second-order valence-corrected chi connectivity index (χ2v) is 3.72. The molecule has 0 aliphatic carbocycles. The number of rotatable bonds is 5. The van der Waals surface area contributed by atoms with Crippen LogP contribution in [0.1, 0.15) is 25.1 Å². The van der Waals surface area contributed by atoms with Crippen molar-refractivity contribution in [2.75, 3.05) is 23.7 Å². The molecule has 3 N–H and O–H groups in total. The van der Waals surface area contributed by atoms with Crippen molar-refractivity contribution in [1.82, 2.24) is 9.97 Å². The second kappa shape index (κ2) is 5.47. The molecule has 0 aromatic carbocycles. The number of nitrogen functional groups attached to an aromatic ring is 1. The van der Waals surface area contributed by atoms with Gasteiger partial charge < -0.3 is 15.7 Å². The zero-order chi connectivity index (χ0) is 13.0. The molecule has 94 valence electrons. The van der Waals surface area contributed by atoms with E-state index in [0.29, 0.717) is 17.2 Å². The molecule has 0 atom stereocenters. The van der Waals surface area contributed by atoms with Gasteiger partial charge >= 0.3 is 5.97 Å². The predicted octanol–water partition coefficient (Wildman–Crippen LogP) is 0.841. The molecule has 0 spiro atoms. The molecule has 0 aliphatic rings. The summed E-state index contributed by atoms with van der Waals surface area (Å²) in [5, 5.41) is 8.77. The lowest BCUT2D eigenvalue weighted by Crippen LogP contribution is -2.25. The van der Waals surface area contributed by atoms with Crippen LogP contribution in [-0.4, -0.2) is 34.1 Å². The van der Waals surface area contributed by atoms with Crippen LogP contribution in [0.25, 0.3) is 0 Å². The number of aromatic nitrogens is 2. The fourth-order valence-electron chi connectivity index (χ4n) is 1.62. The van der Waals surface area contributed by atoms with Gasteiger partial charge in [0.05, 0.1) is 6.42 Å². The number of aryl methyl sites for hydroxylation is 1. The highest BCUT2D eigenvalue weighted by molar-refractivity contribution is 5.72. The Kier molecular flexibility index (Phi) is 4.25. The Morgan fingerprint density at radius 2 is 1.94 bits per heavy atom. The highest BCUT2D eigenvalue weighted by Crippen LogP contribution is 2.18. The number of carboxylic acid groups (broad SMARTS) is 1. The molecule has 1 rings (SSSR count). The van der Waals surface area contributed by atoms with Crippen LogP contribution in [0.15, 0.2) is 0 Å². The fourth-order valence-corrected chi connectivity index (χ4v) is 1.62. The van der Waals surface area contributed by atoms with Gasteiger partial charge in [0.15, 0.2) is 0 Å². The zero-order valence-electron chi connectivity index (χ0n) is 10.4. The third kappa shape index (κ3) is 3.05. The molecule has 6 heteroatoms. The Balaban J connectivity index is 3.12. The van der Waals surface area contributed by atoms with Crippen molar-refractivity contribution in [3.8, 4) is 0 Å². The molecule has 0 radical (unpaired) electrons. The van der Waals surface area contributed by atoms with Gasteiger partial charge in [-0.25, -0.2) is 4.98 Å². The van der Waals surface area contributed by atoms with Gasteiger partial charge in [-0.3, -0.25) is 4.79 Å². The van der Waals surface area contributed by atoms with Crippen LogP contribution in [0.2, 0.25) is 0 Å². The van der Waals surface area contributed by atoms with Crippen molar-refractivity contribution >= 4 is 17.7 Å². The molecule has 1 aromatic rings. The third-order valence-corrected chi connectivity index (χ3v) is 2.61. The highest BCUT2D eigenvalue weighted by atomic mass is 16.4. The first-order chi connectivity index (χ1) is 7.99. The van der Waals surface area contributed by atoms with E-state index in [1.54, 1.807) is 6.92 Å². The summed E-state index contributed by atoms with van der Waals surface area (Å²) < 4.78 is 0. The molecule has 1 aromatic heterocycles. The molecule has 0 saturated carbocycles. The largest absolute Gasteiger partial charge is 0.481 e. The van der Waals surface area contributed by atoms with Gasteiger partial charge in [-0.1, -0.05) is 0 Å². The van der Waals surface area contributed by atoms with E-state index in [2.05, 4.69) is 9.97 Å². The predicted molar refractivity (Wildman–Crippen MR) is 66.1 cm³/mol. The molecular weight excluding hydrogens is 220 g/mol. The molecule has 0 fully saturated rings. The van der Waals surface area contributed by atoms with Crippen LogP contribution in [0.4, 0.5) is 11.8 Å². The van der Waals surface area contributed by atoms with Crippen molar-refractivity contribution < 1.29 is 9.90 Å². The van der Waals surface area contributed by atoms with E-state index in [4.69, 9.17) is 10.8 Å². The lowest BCUT2D eigenvalue weighted by molar-refractivity contribution is -0.136. The summed E-state index contributed by atoms with van der Waals surface area (Å²) in [6.07, 6.45) is -0.143. The molecule has 0 aliphatic heterocycles. The fraction of sp³-hybridized carbons (Fsp3) is 0.545. The van der Waals surface area contributed by atoms with Crippen LogP contribution in [0.3, 0.4) is 0 Å². The van der Waals surface area contributed by atoms with Crippen LogP contribution in [0, 0.1) is 6.92 Å². The molecule has 6 nitrogen and oxygen atoms in total. The van der Waals surface area contributed by atoms with Gasteiger partial charge in [-0.05, 0) is 20.8 Å². The topological polar surface area (TPSA) is 92.3 Å². The summed E-state index contributed by atoms with van der Waals surface area (Å²) in [6.45, 7) is 7.33. The van der Waals surface area contributed by atoms with Crippen molar-refractivity contribution in [3.63, 3.8) is 0 Å². The second-order valence-electron chi connectivity index (χ2n) is 3.72. The van der Waals surface area contributed by atoms with Crippen molar-refractivity contribution in [2.45, 2.75) is 27.2 Å². The van der Waals surface area contributed by atoms with Crippen molar-refractivity contribution in [1.29, 1.82) is 0 Å². The minimum atomic E-state index is -0.931. The van der Waals surface area contributed by atoms with Gasteiger partial charge in [0, 0.05) is 24.3 Å². The van der Waals surface area contributed by atoms with E-state index in [-0.39, 0.29) is 12.2 Å². The summed E-state index contributed by atoms with van der Waals surface area (Å²) in [5.74, 6) is -0.125. The van der Waals surface area contributed by atoms with Gasteiger partial charge in [0.1, 0.15) is 5.82 Å². The lowest BCUT2D eigenvalue weighted by Gasteiger charge is -2.20. The number of hydrogen-bond donors (Lipinski definition) is 2. The van der Waals surface area contributed by atoms with Crippen LogP contribution in [-0.2, 0) is 11.2 Å². The first-order valence-corrected chi connectivity index (χ1v) is 5.59. The first-order valence-electron chi connectivity index (χ1n) is 5.59. The molecule has 17 heavy (non-hydrogen) atoms. The van der Waals surface area contributed by atoms with Gasteiger partial charge in [-0.2, -0.15) is 4.98 Å². The quantitative estimate of drug-likeness (QED) is 0.789. The van der Waals surface area contributed by atoms with E-state index in [1.807, 2.05) is 18.7 Å². The standard InChI is InChI=1S/C11H18N4O2/c1-4-15(5-2)11-13-7(3)8(6-9(16)17)10(12)14-11/h4-6H2,1-3H3,(H,16,17)(H2,12,13,14). The number of carboxylic acids is 1. The molecule has 0 unspecified atom stereocenters. The summed E-state index contributed by atoms with van der Waals surface area (Å²) in [7, 11) is 0. The van der Waals surface area contributed by atoms with E-state index in [9.17, 15) is 4.79 Å². The summed E-state index contributed by atoms with van der Waals surface area (Å²) in [4.78, 5) is 21.1. The summed E-state index contributed by atoms with van der Waals surface area (Å²) >= 11 is 0. The minimum absolute atomic E-state index is 0.143. The molecule has 0 saturated heterocycles. The first kappa shape index (κ1) is 13.2. The van der Waals surface area contributed by atoms with E-state index < -0.39 is 5.97 Å². The maximum Gasteiger partial charge on any atom is 0.308 e. The monoisotopic (exact) mass is 238 g/mol. The third-order valence-electron chi connectivity index (χ3n) is 2.61. The Hall–Kier alpha value is -1.85. The number of aliphatic carboxylic acids is 1. The normalized spacial score (nSPS) is 10.3. The van der Waals surface area contributed by atoms with Gasteiger partial charge in [0.2, 0.25) is 5.95 Å². The number of nitrogens with two attached hydrogens (primary N) is 1. The Labute approximate surface area is 100 Å². The smallest absolute Gasteiger partial charge is 0.308 e. The molecule has 0 bridgehead atoms. The Morgan fingerprint density at radius 1 is 1.35 bits per heavy atom. The Bertz CT molecular complexity index is 393. The highest BCUT2D eigenvalue weighted by Gasteiger charge is 2.14. The van der Waals surface area contributed by atoms with Crippen molar-refractivity contribution in [2.24, 2.45) is 0 Å². The van der Waals surface area contributed by atoms with E-state index in [0.717, 1.165) is 13.1 Å². The average molecular weight is 238 g/mol. The van der Waals surface area contributed by atoms with Crippen molar-refractivity contribution in [3.05, 3.63) is 11.3 Å². The minimum Gasteiger partial charge on any atom is -0.481 e. The van der Waals surface area contributed by atoms with Gasteiger partial charge in [0.25, 0.3) is 0 Å². The molecule has 1 heterocycles. The zero-order valence-corrected chi connectivity index (χ0v) is 10.4. The summed E-state index contributed by atoms with van der Waals surface area (Å²) in [5.41, 5.74) is 6.90. The maximum atomic E-state index is 10.7. The number of anilines is 2. The SMILES string of the molecule is CCN(CC)c1nc(C)c(CC(=O)O)c(N)n1. The van der Waals surface area contributed by atoms with Gasteiger partial charge in [-0.15, -0.1) is 0 Å². The van der Waals surface area contributed by atoms with Crippen LogP contribution < -0.4 is 10.6 Å². The maximum absolute atomic E-state index is 10.7. The number of hydrogen-bond acceptors (Lipinski definition) is 5. The van der Waals surface area contributed by atoms with Crippen LogP contribution >= 0.6 is 0 Å². The lowest BCUT2D eigenvalue weighted by atomic mass is 10.1. The van der Waals surface area contributed by atoms with E-state index >= 15 is 0 Å². The van der Waals surface area contributed by atoms with Crippen LogP contribution in [0.5, 0.6) is 0 Å².